The lowest BCUT2D eigenvalue weighted by molar-refractivity contribution is 0.453. The van der Waals surface area contributed by atoms with Crippen LogP contribution in [-0.4, -0.2) is 15.0 Å². The number of rotatable bonds is 2. The van der Waals surface area contributed by atoms with Crippen molar-refractivity contribution < 1.29 is 0 Å². The average molecular weight is 177 g/mol. The molecule has 0 N–H and O–H groups in total. The second-order valence-corrected chi connectivity index (χ2v) is 3.55. The minimum absolute atomic E-state index is 0.457. The minimum atomic E-state index is 0.457. The van der Waals surface area contributed by atoms with Gasteiger partial charge in [0.05, 0.1) is 11.4 Å². The van der Waals surface area contributed by atoms with Gasteiger partial charge in [-0.25, -0.2) is 4.68 Å². The van der Waals surface area contributed by atoms with Gasteiger partial charge in [0.2, 0.25) is 0 Å². The van der Waals surface area contributed by atoms with Crippen molar-refractivity contribution in [3.05, 3.63) is 10.7 Å². The molecule has 1 aromatic heterocycles. The molecule has 0 saturated heterocycles. The third-order valence-electron chi connectivity index (χ3n) is 2.61. The van der Waals surface area contributed by atoms with Crippen LogP contribution in [0.4, 0.5) is 0 Å². The van der Waals surface area contributed by atoms with Crippen molar-refractivity contribution in [1.29, 1.82) is 0 Å². The number of aromatic nitrogens is 3. The summed E-state index contributed by atoms with van der Waals surface area (Å²) >= 11 is 0. The second-order valence-electron chi connectivity index (χ2n) is 3.55. The van der Waals surface area contributed by atoms with E-state index in [4.69, 9.17) is 0 Å². The number of hydrogen-bond acceptors (Lipinski definition) is 2. The third kappa shape index (κ3) is 1.39. The fraction of sp³-hybridized carbons (Fsp3) is 0.600. The average Bonchev–Trinajstić information content (AvgIpc) is 2.60. The van der Waals surface area contributed by atoms with E-state index in [0.29, 0.717) is 6.04 Å². The van der Waals surface area contributed by atoms with E-state index in [-0.39, 0.29) is 0 Å². The van der Waals surface area contributed by atoms with Crippen molar-refractivity contribution in [3.63, 3.8) is 0 Å². The van der Waals surface area contributed by atoms with Gasteiger partial charge in [-0.15, -0.1) is 5.10 Å². The predicted molar refractivity (Wildman–Crippen MR) is 52.4 cm³/mol. The van der Waals surface area contributed by atoms with Crippen LogP contribution in [0.3, 0.4) is 0 Å². The highest BCUT2D eigenvalue weighted by Crippen LogP contribution is 2.03. The van der Waals surface area contributed by atoms with Crippen LogP contribution in [0.25, 0.3) is 12.2 Å². The molecule has 1 unspecified atom stereocenters. The van der Waals surface area contributed by atoms with E-state index in [2.05, 4.69) is 36.3 Å². The molecule has 1 aliphatic rings. The number of fused-ring (bicyclic) bond motifs is 1. The zero-order valence-corrected chi connectivity index (χ0v) is 8.20. The monoisotopic (exact) mass is 177 g/mol. The van der Waals surface area contributed by atoms with Gasteiger partial charge in [0.1, 0.15) is 5.35 Å². The van der Waals surface area contributed by atoms with Gasteiger partial charge in [-0.3, -0.25) is 0 Å². The molecule has 1 aliphatic carbocycles. The molecule has 70 valence electrons. The Labute approximate surface area is 77.8 Å². The Morgan fingerprint density at radius 3 is 3.00 bits per heavy atom. The Morgan fingerprint density at radius 2 is 2.23 bits per heavy atom. The summed E-state index contributed by atoms with van der Waals surface area (Å²) in [6.07, 6.45) is 7.73. The van der Waals surface area contributed by atoms with Crippen LogP contribution in [-0.2, 0) is 0 Å². The SMILES string of the molecule is CCC(C)n1nnc2c1=CCCC=2. The van der Waals surface area contributed by atoms with Gasteiger partial charge in [0.25, 0.3) is 0 Å². The van der Waals surface area contributed by atoms with Gasteiger partial charge >= 0.3 is 0 Å². The maximum absolute atomic E-state index is 4.17. The molecule has 0 bridgehead atoms. The van der Waals surface area contributed by atoms with Crippen molar-refractivity contribution in [2.24, 2.45) is 0 Å². The maximum Gasteiger partial charge on any atom is 0.108 e. The number of nitrogens with zero attached hydrogens (tertiary/aromatic N) is 3. The van der Waals surface area contributed by atoms with Crippen LogP contribution in [0.5, 0.6) is 0 Å². The largest absolute Gasteiger partial charge is 0.242 e. The number of hydrogen-bond donors (Lipinski definition) is 0. The molecule has 0 saturated carbocycles. The van der Waals surface area contributed by atoms with E-state index >= 15 is 0 Å². The summed E-state index contributed by atoms with van der Waals surface area (Å²) in [6.45, 7) is 4.35. The van der Waals surface area contributed by atoms with E-state index in [9.17, 15) is 0 Å². The summed E-state index contributed by atoms with van der Waals surface area (Å²) in [5, 5.41) is 10.6. The molecule has 13 heavy (non-hydrogen) atoms. The van der Waals surface area contributed by atoms with Crippen LogP contribution >= 0.6 is 0 Å². The first-order valence-corrected chi connectivity index (χ1v) is 4.94. The predicted octanol–water partition coefficient (Wildman–Crippen LogP) is 0.604. The highest BCUT2D eigenvalue weighted by Gasteiger charge is 2.07. The normalized spacial score (nSPS) is 17.1. The highest BCUT2D eigenvalue weighted by molar-refractivity contribution is 5.32. The molecule has 2 rings (SSSR count). The van der Waals surface area contributed by atoms with Gasteiger partial charge in [-0.05, 0) is 26.2 Å². The lowest BCUT2D eigenvalue weighted by Crippen LogP contribution is -2.33. The Bertz CT molecular complexity index is 402. The maximum atomic E-state index is 4.17. The molecule has 0 spiro atoms. The molecule has 0 amide bonds. The van der Waals surface area contributed by atoms with Crippen LogP contribution in [0.15, 0.2) is 0 Å². The Kier molecular flexibility index (Phi) is 2.17. The van der Waals surface area contributed by atoms with Gasteiger partial charge < -0.3 is 0 Å². The fourth-order valence-electron chi connectivity index (χ4n) is 1.60. The van der Waals surface area contributed by atoms with E-state index < -0.39 is 0 Å². The fourth-order valence-corrected chi connectivity index (χ4v) is 1.60. The molecule has 1 aromatic rings. The summed E-state index contributed by atoms with van der Waals surface area (Å²) < 4.78 is 2.03. The van der Waals surface area contributed by atoms with Gasteiger partial charge in [-0.2, -0.15) is 0 Å². The quantitative estimate of drug-likeness (QED) is 0.662. The molecule has 3 nitrogen and oxygen atoms in total. The summed E-state index contributed by atoms with van der Waals surface area (Å²) in [6, 6.07) is 0.457. The molecule has 0 aliphatic heterocycles. The van der Waals surface area contributed by atoms with Gasteiger partial charge in [0, 0.05) is 0 Å². The minimum Gasteiger partial charge on any atom is -0.242 e. The van der Waals surface area contributed by atoms with Crippen LogP contribution in [0.2, 0.25) is 0 Å². The van der Waals surface area contributed by atoms with E-state index in [0.717, 1.165) is 24.6 Å². The van der Waals surface area contributed by atoms with Gasteiger partial charge in [0.15, 0.2) is 0 Å². The summed E-state index contributed by atoms with van der Waals surface area (Å²) in [7, 11) is 0. The summed E-state index contributed by atoms with van der Waals surface area (Å²) in [5.41, 5.74) is 0. The molecule has 0 aromatic carbocycles. The van der Waals surface area contributed by atoms with Gasteiger partial charge in [-0.1, -0.05) is 24.3 Å². The van der Waals surface area contributed by atoms with Crippen molar-refractivity contribution >= 4 is 12.2 Å². The Balaban J connectivity index is 2.56. The molecule has 1 atom stereocenters. The zero-order valence-electron chi connectivity index (χ0n) is 8.20. The molecule has 0 radical (unpaired) electrons. The highest BCUT2D eigenvalue weighted by atomic mass is 15.4. The first-order chi connectivity index (χ1) is 6.33. The first-order valence-electron chi connectivity index (χ1n) is 4.94. The van der Waals surface area contributed by atoms with E-state index in [1.54, 1.807) is 0 Å². The molecular formula is C10H15N3. The smallest absolute Gasteiger partial charge is 0.108 e. The zero-order chi connectivity index (χ0) is 9.26. The van der Waals surface area contributed by atoms with Crippen molar-refractivity contribution in [3.8, 4) is 0 Å². The van der Waals surface area contributed by atoms with E-state index in [1.807, 2.05) is 4.68 Å². The Morgan fingerprint density at radius 1 is 1.46 bits per heavy atom. The molecule has 3 heteroatoms. The van der Waals surface area contributed by atoms with Crippen LogP contribution in [0, 0.1) is 0 Å². The first kappa shape index (κ1) is 8.48. The van der Waals surface area contributed by atoms with Crippen LogP contribution in [0.1, 0.15) is 39.2 Å². The second kappa shape index (κ2) is 3.32. The van der Waals surface area contributed by atoms with Crippen molar-refractivity contribution in [2.45, 2.75) is 39.2 Å². The third-order valence-corrected chi connectivity index (χ3v) is 2.61. The van der Waals surface area contributed by atoms with Crippen LogP contribution < -0.4 is 10.7 Å². The lowest BCUT2D eigenvalue weighted by Gasteiger charge is -2.08. The van der Waals surface area contributed by atoms with Crippen molar-refractivity contribution in [2.75, 3.05) is 0 Å². The standard InChI is InChI=1S/C10H15N3/c1-3-8(2)13-10-7-5-4-6-9(10)11-12-13/h6-8H,3-5H2,1-2H3. The van der Waals surface area contributed by atoms with E-state index in [1.165, 1.54) is 5.35 Å². The molecule has 0 fully saturated rings. The topological polar surface area (TPSA) is 30.7 Å². The lowest BCUT2D eigenvalue weighted by atomic mass is 10.2. The molecular weight excluding hydrogens is 162 g/mol. The summed E-state index contributed by atoms with van der Waals surface area (Å²) in [5.74, 6) is 0. The Hall–Kier alpha value is -1.12. The summed E-state index contributed by atoms with van der Waals surface area (Å²) in [4.78, 5) is 0. The molecule has 1 heterocycles. The van der Waals surface area contributed by atoms with Crippen molar-refractivity contribution in [1.82, 2.24) is 15.0 Å².